The Morgan fingerprint density at radius 1 is 0.600 bits per heavy atom. The molecule has 0 unspecified atom stereocenters. The average molecular weight is 198 g/mol. The van der Waals surface area contributed by atoms with Gasteiger partial charge in [-0.3, -0.25) is 0 Å². The second kappa shape index (κ2) is 2.17. The second-order valence-corrected chi connectivity index (χ2v) is 3.38. The van der Waals surface area contributed by atoms with Crippen LogP contribution < -0.4 is 0 Å². The van der Waals surface area contributed by atoms with Gasteiger partial charge < -0.3 is 15.0 Å². The van der Waals surface area contributed by atoms with Gasteiger partial charge in [0.1, 0.15) is 16.6 Å². The van der Waals surface area contributed by atoms with Gasteiger partial charge in [0, 0.05) is 0 Å². The van der Waals surface area contributed by atoms with E-state index in [2.05, 4.69) is 29.9 Å². The summed E-state index contributed by atoms with van der Waals surface area (Å²) in [6, 6.07) is 0. The summed E-state index contributed by atoms with van der Waals surface area (Å²) in [6.07, 6.45) is 5.00. The molecule has 0 spiro atoms. The van der Waals surface area contributed by atoms with E-state index >= 15 is 0 Å². The Labute approximate surface area is 82.8 Å². The van der Waals surface area contributed by atoms with Crippen molar-refractivity contribution in [1.29, 1.82) is 0 Å². The predicted octanol–water partition coefficient (Wildman–Crippen LogP) is 1.32. The summed E-state index contributed by atoms with van der Waals surface area (Å²) in [4.78, 5) is 22.1. The van der Waals surface area contributed by atoms with E-state index in [9.17, 15) is 0 Å². The third kappa shape index (κ3) is 0.687. The van der Waals surface area contributed by atoms with Crippen LogP contribution in [0.25, 0.3) is 33.1 Å². The number of imidazole rings is 3. The highest BCUT2D eigenvalue weighted by Gasteiger charge is 2.13. The average Bonchev–Trinajstić information content (AvgIpc) is 2.97. The van der Waals surface area contributed by atoms with Gasteiger partial charge in [-0.2, -0.15) is 0 Å². The molecular weight excluding hydrogens is 192 g/mol. The molecule has 3 heterocycles. The number of H-pyrrole nitrogens is 3. The summed E-state index contributed by atoms with van der Waals surface area (Å²) in [5, 5.41) is 0. The summed E-state index contributed by atoms with van der Waals surface area (Å²) >= 11 is 0. The van der Waals surface area contributed by atoms with Gasteiger partial charge in [-0.15, -0.1) is 0 Å². The molecule has 0 atom stereocenters. The number of aromatic amines is 3. The smallest absolute Gasteiger partial charge is 0.118 e. The molecule has 3 N–H and O–H groups in total. The van der Waals surface area contributed by atoms with Crippen LogP contribution in [0.2, 0.25) is 0 Å². The molecule has 0 saturated carbocycles. The number of benzene rings is 1. The van der Waals surface area contributed by atoms with E-state index in [1.54, 1.807) is 19.0 Å². The lowest BCUT2D eigenvalue weighted by Gasteiger charge is -1.93. The molecule has 6 nitrogen and oxygen atoms in total. The Hall–Kier alpha value is -2.37. The number of nitrogens with one attached hydrogen (secondary N) is 3. The number of nitrogens with zero attached hydrogens (tertiary/aromatic N) is 3. The van der Waals surface area contributed by atoms with E-state index in [0.29, 0.717) is 0 Å². The topological polar surface area (TPSA) is 86.0 Å². The zero-order chi connectivity index (χ0) is 9.83. The van der Waals surface area contributed by atoms with Crippen LogP contribution in [0.15, 0.2) is 19.0 Å². The molecule has 0 amide bonds. The number of rotatable bonds is 0. The van der Waals surface area contributed by atoms with Crippen molar-refractivity contribution in [2.75, 3.05) is 0 Å². The van der Waals surface area contributed by atoms with Crippen LogP contribution in [0.1, 0.15) is 0 Å². The molecule has 1 aromatic carbocycles. The predicted molar refractivity (Wildman–Crippen MR) is 55.4 cm³/mol. The summed E-state index contributed by atoms with van der Waals surface area (Å²) in [6.45, 7) is 0. The molecule has 15 heavy (non-hydrogen) atoms. The van der Waals surface area contributed by atoms with Crippen LogP contribution in [0.5, 0.6) is 0 Å². The molecule has 4 aromatic rings. The van der Waals surface area contributed by atoms with Gasteiger partial charge in [0.25, 0.3) is 0 Å². The molecule has 0 aliphatic carbocycles. The maximum Gasteiger partial charge on any atom is 0.118 e. The molecular formula is C9H6N6. The summed E-state index contributed by atoms with van der Waals surface area (Å²) in [5.41, 5.74) is 5.43. The van der Waals surface area contributed by atoms with Crippen molar-refractivity contribution in [3.63, 3.8) is 0 Å². The summed E-state index contributed by atoms with van der Waals surface area (Å²) in [5.74, 6) is 0. The minimum Gasteiger partial charge on any atom is -0.343 e. The molecule has 72 valence electrons. The largest absolute Gasteiger partial charge is 0.343 e. The van der Waals surface area contributed by atoms with Gasteiger partial charge in [-0.25, -0.2) is 15.0 Å². The van der Waals surface area contributed by atoms with Crippen molar-refractivity contribution in [1.82, 2.24) is 29.9 Å². The van der Waals surface area contributed by atoms with E-state index in [1.807, 2.05) is 0 Å². The lowest BCUT2D eigenvalue weighted by Crippen LogP contribution is -1.79. The van der Waals surface area contributed by atoms with Gasteiger partial charge in [-0.1, -0.05) is 0 Å². The molecule has 6 heteroatoms. The number of fused-ring (bicyclic) bond motifs is 6. The molecule has 0 radical (unpaired) electrons. The van der Waals surface area contributed by atoms with E-state index in [-0.39, 0.29) is 0 Å². The van der Waals surface area contributed by atoms with Gasteiger partial charge >= 0.3 is 0 Å². The normalized spacial score (nSPS) is 12.0. The van der Waals surface area contributed by atoms with Crippen molar-refractivity contribution >= 4 is 33.1 Å². The van der Waals surface area contributed by atoms with E-state index in [0.717, 1.165) is 33.1 Å². The van der Waals surface area contributed by atoms with Crippen molar-refractivity contribution < 1.29 is 0 Å². The fraction of sp³-hybridized carbons (Fsp3) is 0. The van der Waals surface area contributed by atoms with Gasteiger partial charge in [0.15, 0.2) is 0 Å². The first-order valence-electron chi connectivity index (χ1n) is 4.56. The van der Waals surface area contributed by atoms with Crippen LogP contribution in [-0.4, -0.2) is 29.9 Å². The standard InChI is InChI=1S/C9H6N6/c1-10-4-5(11-1)7-9(15-3-13-7)8-6(4)12-2-14-8/h1-3H,(H,10,11)(H,12,14)(H,13,15). The lowest BCUT2D eigenvalue weighted by atomic mass is 10.2. The first kappa shape index (κ1) is 6.99. The molecule has 0 bridgehead atoms. The lowest BCUT2D eigenvalue weighted by molar-refractivity contribution is 1.33. The number of aromatic nitrogens is 6. The zero-order valence-corrected chi connectivity index (χ0v) is 7.57. The zero-order valence-electron chi connectivity index (χ0n) is 7.57. The first-order chi connectivity index (χ1) is 7.45. The highest BCUT2D eigenvalue weighted by Crippen LogP contribution is 2.28. The highest BCUT2D eigenvalue weighted by molar-refractivity contribution is 6.18. The van der Waals surface area contributed by atoms with Crippen LogP contribution in [0.4, 0.5) is 0 Å². The van der Waals surface area contributed by atoms with E-state index in [4.69, 9.17) is 0 Å². The number of hydrogen-bond acceptors (Lipinski definition) is 3. The fourth-order valence-corrected chi connectivity index (χ4v) is 1.99. The second-order valence-electron chi connectivity index (χ2n) is 3.38. The van der Waals surface area contributed by atoms with Crippen molar-refractivity contribution in [2.24, 2.45) is 0 Å². The Kier molecular flexibility index (Phi) is 1.01. The monoisotopic (exact) mass is 198 g/mol. The SMILES string of the molecule is c1nc2c3nc[nH]c3c3[nH]cnc3c2[nH]1. The highest BCUT2D eigenvalue weighted by atomic mass is 15.0. The van der Waals surface area contributed by atoms with E-state index < -0.39 is 0 Å². The molecule has 4 rings (SSSR count). The summed E-state index contributed by atoms with van der Waals surface area (Å²) in [7, 11) is 0. The third-order valence-corrected chi connectivity index (χ3v) is 2.63. The molecule has 0 fully saturated rings. The third-order valence-electron chi connectivity index (χ3n) is 2.63. The van der Waals surface area contributed by atoms with E-state index in [1.165, 1.54) is 0 Å². The molecule has 0 aliphatic rings. The Morgan fingerprint density at radius 3 is 1.80 bits per heavy atom. The minimum absolute atomic E-state index is 0.853. The van der Waals surface area contributed by atoms with Crippen LogP contribution in [0, 0.1) is 0 Å². The van der Waals surface area contributed by atoms with Crippen LogP contribution in [0.3, 0.4) is 0 Å². The molecule has 0 aliphatic heterocycles. The first-order valence-corrected chi connectivity index (χ1v) is 4.56. The van der Waals surface area contributed by atoms with Crippen molar-refractivity contribution in [3.05, 3.63) is 19.0 Å². The maximum atomic E-state index is 4.27. The number of hydrogen-bond donors (Lipinski definition) is 3. The van der Waals surface area contributed by atoms with Gasteiger partial charge in [0.05, 0.1) is 35.5 Å². The maximum absolute atomic E-state index is 4.27. The quantitative estimate of drug-likeness (QED) is 0.398. The van der Waals surface area contributed by atoms with Gasteiger partial charge in [0.2, 0.25) is 0 Å². The Morgan fingerprint density at radius 2 is 1.07 bits per heavy atom. The Bertz CT molecular complexity index is 579. The summed E-state index contributed by atoms with van der Waals surface area (Å²) < 4.78 is 0. The fourth-order valence-electron chi connectivity index (χ4n) is 1.99. The van der Waals surface area contributed by atoms with Crippen molar-refractivity contribution in [2.45, 2.75) is 0 Å². The molecule has 3 aromatic heterocycles. The van der Waals surface area contributed by atoms with Gasteiger partial charge in [-0.05, 0) is 0 Å². The van der Waals surface area contributed by atoms with Crippen molar-refractivity contribution in [3.8, 4) is 0 Å². The molecule has 0 saturated heterocycles. The minimum atomic E-state index is 0.853. The van der Waals surface area contributed by atoms with Crippen LogP contribution in [-0.2, 0) is 0 Å². The Balaban J connectivity index is 2.56. The van der Waals surface area contributed by atoms with Crippen LogP contribution >= 0.6 is 0 Å².